The predicted octanol–water partition coefficient (Wildman–Crippen LogP) is 5.36. The molecule has 0 saturated heterocycles. The maximum atomic E-state index is 10.8. The molecule has 0 aliphatic rings. The molecule has 7 heteroatoms. The fourth-order valence-electron chi connectivity index (χ4n) is 3.51. The molecule has 3 aromatic carbocycles. The lowest BCUT2D eigenvalue weighted by Gasteiger charge is -2.11. The van der Waals surface area contributed by atoms with Crippen molar-refractivity contribution in [1.82, 2.24) is 15.0 Å². The minimum atomic E-state index is -0.405. The number of furan rings is 1. The number of non-ortho nitro benzene ring substituents is 1. The number of benzene rings is 3. The quantitative estimate of drug-likeness (QED) is 0.307. The van der Waals surface area contributed by atoms with Gasteiger partial charge in [0, 0.05) is 28.5 Å². The fraction of sp³-hybridized carbons (Fsp3) is 0.0909. The van der Waals surface area contributed by atoms with E-state index < -0.39 is 4.92 Å². The van der Waals surface area contributed by atoms with Crippen molar-refractivity contribution in [3.05, 3.63) is 88.6 Å². The van der Waals surface area contributed by atoms with Crippen molar-refractivity contribution in [3.8, 4) is 11.3 Å². The predicted molar refractivity (Wildman–Crippen MR) is 110 cm³/mol. The molecular formula is C22H16N4O3. The van der Waals surface area contributed by atoms with E-state index in [1.165, 1.54) is 12.1 Å². The summed E-state index contributed by atoms with van der Waals surface area (Å²) in [7, 11) is 0. The first kappa shape index (κ1) is 17.1. The molecule has 0 amide bonds. The topological polar surface area (TPSA) is 87.0 Å². The Labute approximate surface area is 165 Å². The van der Waals surface area contributed by atoms with Crippen molar-refractivity contribution in [2.24, 2.45) is 0 Å². The average Bonchev–Trinajstić information content (AvgIpc) is 3.38. The molecule has 0 spiro atoms. The van der Waals surface area contributed by atoms with E-state index in [1.807, 2.05) is 49.5 Å². The van der Waals surface area contributed by atoms with E-state index in [-0.39, 0.29) is 11.7 Å². The smallest absolute Gasteiger partial charge is 0.269 e. The van der Waals surface area contributed by atoms with Gasteiger partial charge in [-0.15, -0.1) is 5.10 Å². The van der Waals surface area contributed by atoms with Crippen LogP contribution in [0.25, 0.3) is 33.2 Å². The SMILES string of the molecule is CC(c1ccc([N+](=O)[O-])cc1)n1cc(-c2ccc3oc4ccccc4c3c2)nn1. The van der Waals surface area contributed by atoms with Gasteiger partial charge in [0.05, 0.1) is 17.2 Å². The van der Waals surface area contributed by atoms with Gasteiger partial charge in [-0.1, -0.05) is 35.5 Å². The van der Waals surface area contributed by atoms with Crippen LogP contribution in [0.15, 0.2) is 77.3 Å². The molecule has 7 nitrogen and oxygen atoms in total. The molecule has 0 bridgehead atoms. The number of nitro benzene ring substituents is 1. The lowest BCUT2D eigenvalue weighted by molar-refractivity contribution is -0.384. The van der Waals surface area contributed by atoms with Gasteiger partial charge in [0.1, 0.15) is 16.9 Å². The zero-order valence-corrected chi connectivity index (χ0v) is 15.5. The van der Waals surface area contributed by atoms with E-state index in [0.717, 1.165) is 38.8 Å². The lowest BCUT2D eigenvalue weighted by Crippen LogP contribution is -2.07. The van der Waals surface area contributed by atoms with Crippen LogP contribution in [0.1, 0.15) is 18.5 Å². The molecule has 2 aromatic heterocycles. The van der Waals surface area contributed by atoms with Crippen LogP contribution in [-0.4, -0.2) is 19.9 Å². The fourth-order valence-corrected chi connectivity index (χ4v) is 3.51. The largest absolute Gasteiger partial charge is 0.456 e. The number of fused-ring (bicyclic) bond motifs is 3. The second-order valence-electron chi connectivity index (χ2n) is 6.92. The number of para-hydroxylation sites is 1. The first-order chi connectivity index (χ1) is 14.1. The number of nitro groups is 1. The van der Waals surface area contributed by atoms with Crippen LogP contribution in [0.2, 0.25) is 0 Å². The molecule has 1 unspecified atom stereocenters. The Morgan fingerprint density at radius 3 is 2.55 bits per heavy atom. The number of rotatable bonds is 4. The number of nitrogens with zero attached hydrogens (tertiary/aromatic N) is 4. The van der Waals surface area contributed by atoms with Gasteiger partial charge in [-0.2, -0.15) is 0 Å². The molecule has 0 radical (unpaired) electrons. The monoisotopic (exact) mass is 384 g/mol. The molecule has 0 saturated carbocycles. The van der Waals surface area contributed by atoms with Crippen LogP contribution in [0.4, 0.5) is 5.69 Å². The van der Waals surface area contributed by atoms with E-state index in [9.17, 15) is 10.1 Å². The van der Waals surface area contributed by atoms with Gasteiger partial charge in [-0.05, 0) is 36.8 Å². The second-order valence-corrected chi connectivity index (χ2v) is 6.92. The van der Waals surface area contributed by atoms with Crippen LogP contribution in [-0.2, 0) is 0 Å². The van der Waals surface area contributed by atoms with Gasteiger partial charge in [0.25, 0.3) is 5.69 Å². The Morgan fingerprint density at radius 2 is 1.76 bits per heavy atom. The number of hydrogen-bond acceptors (Lipinski definition) is 5. The van der Waals surface area contributed by atoms with Crippen molar-refractivity contribution >= 4 is 27.6 Å². The number of hydrogen-bond donors (Lipinski definition) is 0. The Bertz CT molecular complexity index is 1350. The highest BCUT2D eigenvalue weighted by Crippen LogP contribution is 2.32. The van der Waals surface area contributed by atoms with Crippen molar-refractivity contribution in [2.75, 3.05) is 0 Å². The first-order valence-electron chi connectivity index (χ1n) is 9.18. The number of aromatic nitrogens is 3. The van der Waals surface area contributed by atoms with Crippen molar-refractivity contribution in [3.63, 3.8) is 0 Å². The molecular weight excluding hydrogens is 368 g/mol. The third-order valence-electron chi connectivity index (χ3n) is 5.17. The Balaban J connectivity index is 1.49. The molecule has 0 N–H and O–H groups in total. The second kappa shape index (κ2) is 6.56. The zero-order valence-electron chi connectivity index (χ0n) is 15.5. The molecule has 5 aromatic rings. The molecule has 0 aliphatic heterocycles. The van der Waals surface area contributed by atoms with E-state index in [2.05, 4.69) is 16.4 Å². The molecule has 1 atom stereocenters. The highest BCUT2D eigenvalue weighted by Gasteiger charge is 2.14. The van der Waals surface area contributed by atoms with E-state index in [4.69, 9.17) is 4.42 Å². The van der Waals surface area contributed by atoms with Crippen LogP contribution >= 0.6 is 0 Å². The summed E-state index contributed by atoms with van der Waals surface area (Å²) in [6, 6.07) is 20.3. The minimum Gasteiger partial charge on any atom is -0.456 e. The maximum Gasteiger partial charge on any atom is 0.269 e. The third kappa shape index (κ3) is 2.93. The molecule has 2 heterocycles. The van der Waals surface area contributed by atoms with Gasteiger partial charge >= 0.3 is 0 Å². The summed E-state index contributed by atoms with van der Waals surface area (Å²) in [4.78, 5) is 10.4. The normalized spacial score (nSPS) is 12.4. The highest BCUT2D eigenvalue weighted by molar-refractivity contribution is 6.06. The zero-order chi connectivity index (χ0) is 20.0. The van der Waals surface area contributed by atoms with Crippen molar-refractivity contribution < 1.29 is 9.34 Å². The summed E-state index contributed by atoms with van der Waals surface area (Å²) in [6.45, 7) is 1.98. The summed E-state index contributed by atoms with van der Waals surface area (Å²) in [5.41, 5.74) is 4.39. The highest BCUT2D eigenvalue weighted by atomic mass is 16.6. The Hall–Kier alpha value is -4.00. The molecule has 5 rings (SSSR count). The Morgan fingerprint density at radius 1 is 1.00 bits per heavy atom. The van der Waals surface area contributed by atoms with Crippen molar-refractivity contribution in [1.29, 1.82) is 0 Å². The van der Waals surface area contributed by atoms with Crippen LogP contribution in [0.3, 0.4) is 0 Å². The summed E-state index contributed by atoms with van der Waals surface area (Å²) in [5, 5.41) is 21.5. The maximum absolute atomic E-state index is 10.8. The first-order valence-corrected chi connectivity index (χ1v) is 9.18. The van der Waals surface area contributed by atoms with Gasteiger partial charge in [-0.3, -0.25) is 10.1 Å². The van der Waals surface area contributed by atoms with Gasteiger partial charge in [0.15, 0.2) is 0 Å². The standard InChI is InChI=1S/C22H16N4O3/c1-14(15-6-9-17(10-7-15)26(27)28)25-13-20(23-24-25)16-8-11-22-19(12-16)18-4-2-3-5-21(18)29-22/h2-14H,1H3. The van der Waals surface area contributed by atoms with Crippen LogP contribution in [0, 0.1) is 10.1 Å². The van der Waals surface area contributed by atoms with Crippen molar-refractivity contribution in [2.45, 2.75) is 13.0 Å². The van der Waals surface area contributed by atoms with Crippen LogP contribution < -0.4 is 0 Å². The minimum absolute atomic E-state index is 0.0703. The molecule has 29 heavy (non-hydrogen) atoms. The van der Waals surface area contributed by atoms with Gasteiger partial charge < -0.3 is 4.42 Å². The van der Waals surface area contributed by atoms with Crippen LogP contribution in [0.5, 0.6) is 0 Å². The van der Waals surface area contributed by atoms with Gasteiger partial charge in [0.2, 0.25) is 0 Å². The summed E-state index contributed by atoms with van der Waals surface area (Å²) in [5.74, 6) is 0. The van der Waals surface area contributed by atoms with E-state index in [1.54, 1.807) is 16.8 Å². The molecule has 0 aliphatic carbocycles. The van der Waals surface area contributed by atoms with E-state index >= 15 is 0 Å². The summed E-state index contributed by atoms with van der Waals surface area (Å²) in [6.07, 6.45) is 1.88. The summed E-state index contributed by atoms with van der Waals surface area (Å²) >= 11 is 0. The van der Waals surface area contributed by atoms with E-state index in [0.29, 0.717) is 0 Å². The molecule has 142 valence electrons. The third-order valence-corrected chi connectivity index (χ3v) is 5.17. The Kier molecular flexibility index (Phi) is 3.87. The average molecular weight is 384 g/mol. The summed E-state index contributed by atoms with van der Waals surface area (Å²) < 4.78 is 7.64. The lowest BCUT2D eigenvalue weighted by atomic mass is 10.1. The van der Waals surface area contributed by atoms with Gasteiger partial charge in [-0.25, -0.2) is 4.68 Å². The molecule has 0 fully saturated rings.